The fraction of sp³-hybridized carbons (Fsp3) is 0.706. The number of nitrogens with zero attached hydrogens (tertiary/aromatic N) is 3. The highest BCUT2D eigenvalue weighted by molar-refractivity contribution is 5.78. The highest BCUT2D eigenvalue weighted by Crippen LogP contribution is 2.17. The molecule has 2 aliphatic heterocycles. The van der Waals surface area contributed by atoms with Crippen molar-refractivity contribution in [2.75, 3.05) is 44.4 Å². The first-order valence-electron chi connectivity index (χ1n) is 8.89. The fourth-order valence-corrected chi connectivity index (χ4v) is 3.22. The Morgan fingerprint density at radius 2 is 2.16 bits per heavy atom. The highest BCUT2D eigenvalue weighted by atomic mass is 16.5. The van der Waals surface area contributed by atoms with E-state index in [9.17, 15) is 9.59 Å². The van der Waals surface area contributed by atoms with E-state index < -0.39 is 0 Å². The van der Waals surface area contributed by atoms with Gasteiger partial charge in [-0.05, 0) is 19.3 Å². The third-order valence-electron chi connectivity index (χ3n) is 4.82. The van der Waals surface area contributed by atoms with E-state index >= 15 is 0 Å². The van der Waals surface area contributed by atoms with Crippen molar-refractivity contribution in [1.82, 2.24) is 15.1 Å². The van der Waals surface area contributed by atoms with Crippen molar-refractivity contribution >= 4 is 11.6 Å². The van der Waals surface area contributed by atoms with Crippen LogP contribution in [0.4, 0.5) is 5.69 Å². The summed E-state index contributed by atoms with van der Waals surface area (Å²) in [5.41, 5.74) is 0.701. The molecular weight excluding hydrogens is 324 g/mol. The fourth-order valence-electron chi connectivity index (χ4n) is 3.22. The number of morpholine rings is 1. The normalized spacial score (nSPS) is 22.0. The first-order valence-corrected chi connectivity index (χ1v) is 8.89. The average Bonchev–Trinajstić information content (AvgIpc) is 2.65. The molecule has 2 fully saturated rings. The van der Waals surface area contributed by atoms with Crippen LogP contribution in [-0.2, 0) is 21.3 Å². The number of aryl methyl sites for hydroxylation is 1. The summed E-state index contributed by atoms with van der Waals surface area (Å²) >= 11 is 0. The van der Waals surface area contributed by atoms with Gasteiger partial charge in [-0.25, -0.2) is 4.68 Å². The van der Waals surface area contributed by atoms with Gasteiger partial charge < -0.3 is 19.7 Å². The molecule has 2 saturated heterocycles. The number of rotatable bonds is 5. The van der Waals surface area contributed by atoms with E-state index in [1.54, 1.807) is 19.3 Å². The van der Waals surface area contributed by atoms with Crippen molar-refractivity contribution in [2.45, 2.75) is 25.4 Å². The van der Waals surface area contributed by atoms with E-state index in [1.165, 1.54) is 4.68 Å². The molecule has 8 nitrogen and oxygen atoms in total. The maximum Gasteiger partial charge on any atom is 0.268 e. The number of carbonyl (C=O) groups excluding carboxylic acids is 1. The number of hydrogen-bond donors (Lipinski definition) is 1. The Bertz CT molecular complexity index is 642. The Labute approximate surface area is 147 Å². The predicted octanol–water partition coefficient (Wildman–Crippen LogP) is -0.0816. The summed E-state index contributed by atoms with van der Waals surface area (Å²) in [4.78, 5) is 26.0. The molecule has 8 heteroatoms. The van der Waals surface area contributed by atoms with Crippen molar-refractivity contribution in [3.8, 4) is 0 Å². The second-order valence-corrected chi connectivity index (χ2v) is 6.58. The first kappa shape index (κ1) is 17.9. The summed E-state index contributed by atoms with van der Waals surface area (Å²) in [5, 5.41) is 7.08. The van der Waals surface area contributed by atoms with E-state index in [0.29, 0.717) is 32.9 Å². The number of aromatic nitrogens is 2. The Morgan fingerprint density at radius 1 is 1.36 bits per heavy atom. The minimum Gasteiger partial charge on any atom is -0.381 e. The zero-order valence-corrected chi connectivity index (χ0v) is 14.6. The molecule has 1 atom stereocenters. The lowest BCUT2D eigenvalue weighted by atomic mass is 9.99. The van der Waals surface area contributed by atoms with Crippen LogP contribution in [0.15, 0.2) is 17.1 Å². The van der Waals surface area contributed by atoms with Gasteiger partial charge in [0.15, 0.2) is 0 Å². The number of ether oxygens (including phenoxy) is 2. The number of hydrogen-bond acceptors (Lipinski definition) is 6. The lowest BCUT2D eigenvalue weighted by Crippen LogP contribution is -2.44. The topological polar surface area (TPSA) is 85.7 Å². The third kappa shape index (κ3) is 4.79. The molecule has 1 aromatic heterocycles. The molecule has 1 amide bonds. The molecule has 1 N–H and O–H groups in total. The van der Waals surface area contributed by atoms with Gasteiger partial charge >= 0.3 is 0 Å². The molecule has 25 heavy (non-hydrogen) atoms. The lowest BCUT2D eigenvalue weighted by Gasteiger charge is -2.34. The molecule has 1 unspecified atom stereocenters. The van der Waals surface area contributed by atoms with Gasteiger partial charge in [-0.15, -0.1) is 0 Å². The van der Waals surface area contributed by atoms with Crippen LogP contribution in [0.1, 0.15) is 19.3 Å². The van der Waals surface area contributed by atoms with Crippen molar-refractivity contribution in [2.24, 2.45) is 13.0 Å². The van der Waals surface area contributed by atoms with Gasteiger partial charge in [0, 0.05) is 51.9 Å². The quantitative estimate of drug-likeness (QED) is 0.799. The van der Waals surface area contributed by atoms with Gasteiger partial charge in [0.2, 0.25) is 5.91 Å². The minimum atomic E-state index is -0.121. The Kier molecular flexibility index (Phi) is 6.04. The molecule has 0 radical (unpaired) electrons. The van der Waals surface area contributed by atoms with E-state index in [1.807, 2.05) is 0 Å². The Morgan fingerprint density at radius 3 is 2.92 bits per heavy atom. The predicted molar refractivity (Wildman–Crippen MR) is 92.6 cm³/mol. The first-order chi connectivity index (χ1) is 12.1. The third-order valence-corrected chi connectivity index (χ3v) is 4.82. The molecule has 0 aliphatic carbocycles. The summed E-state index contributed by atoms with van der Waals surface area (Å²) in [6.45, 7) is 3.98. The summed E-state index contributed by atoms with van der Waals surface area (Å²) in [6.07, 6.45) is 4.10. The maximum absolute atomic E-state index is 12.1. The summed E-state index contributed by atoms with van der Waals surface area (Å²) in [7, 11) is 1.63. The van der Waals surface area contributed by atoms with E-state index in [2.05, 4.69) is 15.3 Å². The van der Waals surface area contributed by atoms with Gasteiger partial charge in [0.1, 0.15) is 0 Å². The Balaban J connectivity index is 1.46. The summed E-state index contributed by atoms with van der Waals surface area (Å²) < 4.78 is 12.4. The van der Waals surface area contributed by atoms with E-state index in [0.717, 1.165) is 31.5 Å². The SMILES string of the molecule is Cn1ncc(N2CCOC(CCNC(=O)C3CCOCC3)C2)cc1=O. The molecule has 3 heterocycles. The largest absolute Gasteiger partial charge is 0.381 e. The van der Waals surface area contributed by atoms with E-state index in [-0.39, 0.29) is 23.5 Å². The monoisotopic (exact) mass is 350 g/mol. The second kappa shape index (κ2) is 8.44. The van der Waals surface area contributed by atoms with Gasteiger partial charge in [0.05, 0.1) is 24.6 Å². The van der Waals surface area contributed by atoms with Crippen molar-refractivity contribution < 1.29 is 14.3 Å². The van der Waals surface area contributed by atoms with Crippen molar-refractivity contribution in [1.29, 1.82) is 0 Å². The van der Waals surface area contributed by atoms with Crippen LogP contribution < -0.4 is 15.8 Å². The number of amides is 1. The smallest absolute Gasteiger partial charge is 0.268 e. The second-order valence-electron chi connectivity index (χ2n) is 6.58. The van der Waals surface area contributed by atoms with Crippen LogP contribution in [-0.4, -0.2) is 61.2 Å². The zero-order valence-electron chi connectivity index (χ0n) is 14.6. The van der Waals surface area contributed by atoms with Crippen LogP contribution in [0.25, 0.3) is 0 Å². The molecule has 138 valence electrons. The van der Waals surface area contributed by atoms with Crippen molar-refractivity contribution in [3.63, 3.8) is 0 Å². The van der Waals surface area contributed by atoms with E-state index in [4.69, 9.17) is 9.47 Å². The van der Waals surface area contributed by atoms with Crippen LogP contribution in [0.3, 0.4) is 0 Å². The standard InChI is InChI=1S/C17H26N4O4/c1-20-16(22)10-14(11-19-20)21-6-9-25-15(12-21)2-5-18-17(23)13-3-7-24-8-4-13/h10-11,13,15H,2-9,12H2,1H3,(H,18,23). The van der Waals surface area contributed by atoms with Gasteiger partial charge in [-0.1, -0.05) is 0 Å². The maximum atomic E-state index is 12.1. The Hall–Kier alpha value is -1.93. The van der Waals surface area contributed by atoms with Crippen LogP contribution in [0.2, 0.25) is 0 Å². The van der Waals surface area contributed by atoms with Crippen LogP contribution >= 0.6 is 0 Å². The van der Waals surface area contributed by atoms with Gasteiger partial charge in [0.25, 0.3) is 5.56 Å². The molecule has 3 rings (SSSR count). The van der Waals surface area contributed by atoms with Crippen molar-refractivity contribution in [3.05, 3.63) is 22.6 Å². The van der Waals surface area contributed by atoms with Crippen LogP contribution in [0, 0.1) is 5.92 Å². The highest BCUT2D eigenvalue weighted by Gasteiger charge is 2.23. The molecule has 0 saturated carbocycles. The molecule has 0 spiro atoms. The zero-order chi connectivity index (χ0) is 17.6. The minimum absolute atomic E-state index is 0.0350. The summed E-state index contributed by atoms with van der Waals surface area (Å²) in [5.74, 6) is 0.191. The molecule has 0 aromatic carbocycles. The number of carbonyl (C=O) groups is 1. The molecule has 1 aromatic rings. The molecule has 0 bridgehead atoms. The van der Waals surface area contributed by atoms with Gasteiger partial charge in [-0.2, -0.15) is 5.10 Å². The molecular formula is C17H26N4O4. The lowest BCUT2D eigenvalue weighted by molar-refractivity contribution is -0.127. The molecule has 2 aliphatic rings. The average molecular weight is 350 g/mol. The number of anilines is 1. The summed E-state index contributed by atoms with van der Waals surface area (Å²) in [6, 6.07) is 1.60. The van der Waals surface area contributed by atoms with Gasteiger partial charge in [-0.3, -0.25) is 9.59 Å². The number of nitrogens with one attached hydrogen (secondary N) is 1. The van der Waals surface area contributed by atoms with Crippen LogP contribution in [0.5, 0.6) is 0 Å².